The van der Waals surface area contributed by atoms with Gasteiger partial charge in [0.15, 0.2) is 0 Å². The van der Waals surface area contributed by atoms with E-state index in [-0.39, 0.29) is 0 Å². The van der Waals surface area contributed by atoms with Crippen LogP contribution in [0.4, 0.5) is 22.7 Å². The summed E-state index contributed by atoms with van der Waals surface area (Å²) in [4.78, 5) is 0. The highest BCUT2D eigenvalue weighted by atomic mass is 15.1. The monoisotopic (exact) mass is 240 g/mol. The lowest BCUT2D eigenvalue weighted by molar-refractivity contribution is 1.23. The first kappa shape index (κ1) is 12.1. The highest BCUT2D eigenvalue weighted by Gasteiger charge is 2.04. The number of anilines is 2. The van der Waals surface area contributed by atoms with Crippen molar-refractivity contribution in [2.45, 2.75) is 0 Å². The Labute approximate surface area is 107 Å². The van der Waals surface area contributed by atoms with E-state index in [0.717, 1.165) is 22.7 Å². The predicted octanol–water partition coefficient (Wildman–Crippen LogP) is 4.19. The third-order valence-corrected chi connectivity index (χ3v) is 2.59. The van der Waals surface area contributed by atoms with E-state index >= 15 is 0 Å². The molecule has 0 aliphatic rings. The lowest BCUT2D eigenvalue weighted by Gasteiger charge is -2.10. The molecule has 0 amide bonds. The fraction of sp³-hybridized carbons (Fsp3) is 0.143. The number of rotatable bonds is 4. The normalized spacial score (nSPS) is 10.6. The molecule has 0 fully saturated rings. The summed E-state index contributed by atoms with van der Waals surface area (Å²) in [5, 5.41) is 14.8. The maximum absolute atomic E-state index is 4.28. The number of nitrogens with one attached hydrogen (secondary N) is 2. The van der Waals surface area contributed by atoms with Crippen LogP contribution in [0.2, 0.25) is 0 Å². The Morgan fingerprint density at radius 3 is 2.22 bits per heavy atom. The van der Waals surface area contributed by atoms with Crippen molar-refractivity contribution in [3.05, 3.63) is 48.5 Å². The van der Waals surface area contributed by atoms with E-state index in [1.54, 1.807) is 0 Å². The standard InChI is InChI=1S/C14H16N4/c1-15-12-9-6-10-13(14(12)16-2)18-17-11-7-4-3-5-8-11/h3-10,15-16H,1-2H3. The van der Waals surface area contributed by atoms with Gasteiger partial charge in [-0.2, -0.15) is 5.11 Å². The second kappa shape index (κ2) is 5.82. The van der Waals surface area contributed by atoms with Crippen molar-refractivity contribution in [1.29, 1.82) is 0 Å². The Morgan fingerprint density at radius 1 is 0.778 bits per heavy atom. The second-order valence-electron chi connectivity index (χ2n) is 3.74. The van der Waals surface area contributed by atoms with Crippen molar-refractivity contribution in [2.24, 2.45) is 10.2 Å². The molecule has 0 heterocycles. The topological polar surface area (TPSA) is 48.8 Å². The summed E-state index contributed by atoms with van der Waals surface area (Å²) in [5.41, 5.74) is 3.60. The van der Waals surface area contributed by atoms with Crippen LogP contribution in [0.15, 0.2) is 58.8 Å². The van der Waals surface area contributed by atoms with Crippen molar-refractivity contribution < 1.29 is 0 Å². The Balaban J connectivity index is 2.32. The van der Waals surface area contributed by atoms with Gasteiger partial charge in [0.25, 0.3) is 0 Å². The lowest BCUT2D eigenvalue weighted by Crippen LogP contribution is -1.96. The summed E-state index contributed by atoms with van der Waals surface area (Å²) in [6, 6.07) is 15.6. The molecule has 2 N–H and O–H groups in total. The summed E-state index contributed by atoms with van der Waals surface area (Å²) in [6.45, 7) is 0. The van der Waals surface area contributed by atoms with Crippen LogP contribution in [-0.2, 0) is 0 Å². The first-order valence-corrected chi connectivity index (χ1v) is 5.80. The van der Waals surface area contributed by atoms with E-state index in [0.29, 0.717) is 0 Å². The molecule has 0 aliphatic heterocycles. The highest BCUT2D eigenvalue weighted by molar-refractivity contribution is 5.80. The molecule has 4 nitrogen and oxygen atoms in total. The Kier molecular flexibility index (Phi) is 3.91. The van der Waals surface area contributed by atoms with Gasteiger partial charge >= 0.3 is 0 Å². The Hall–Kier alpha value is -2.36. The summed E-state index contributed by atoms with van der Waals surface area (Å²) in [7, 11) is 3.76. The van der Waals surface area contributed by atoms with Crippen LogP contribution in [0.1, 0.15) is 0 Å². The Morgan fingerprint density at radius 2 is 1.56 bits per heavy atom. The molecular formula is C14H16N4. The molecule has 0 saturated heterocycles. The van der Waals surface area contributed by atoms with Crippen LogP contribution in [0.5, 0.6) is 0 Å². The zero-order valence-electron chi connectivity index (χ0n) is 10.5. The van der Waals surface area contributed by atoms with E-state index in [9.17, 15) is 0 Å². The molecule has 0 atom stereocenters. The Bertz CT molecular complexity index is 535. The number of azo groups is 1. The van der Waals surface area contributed by atoms with Gasteiger partial charge in [-0.3, -0.25) is 0 Å². The van der Waals surface area contributed by atoms with Crippen molar-refractivity contribution in [1.82, 2.24) is 0 Å². The smallest absolute Gasteiger partial charge is 0.111 e. The van der Waals surface area contributed by atoms with Gasteiger partial charge in [0.1, 0.15) is 5.69 Å². The minimum absolute atomic E-state index is 0.813. The van der Waals surface area contributed by atoms with Crippen molar-refractivity contribution in [3.63, 3.8) is 0 Å². The average molecular weight is 240 g/mol. The van der Waals surface area contributed by atoms with Crippen LogP contribution in [0, 0.1) is 0 Å². The quantitative estimate of drug-likeness (QED) is 0.787. The van der Waals surface area contributed by atoms with Crippen LogP contribution >= 0.6 is 0 Å². The van der Waals surface area contributed by atoms with E-state index in [1.807, 2.05) is 62.6 Å². The molecule has 0 bridgehead atoms. The van der Waals surface area contributed by atoms with Gasteiger partial charge in [-0.1, -0.05) is 24.3 Å². The molecule has 0 aromatic heterocycles. The van der Waals surface area contributed by atoms with Crippen molar-refractivity contribution in [2.75, 3.05) is 24.7 Å². The number of hydrogen-bond donors (Lipinski definition) is 2. The zero-order valence-corrected chi connectivity index (χ0v) is 10.5. The number of hydrogen-bond acceptors (Lipinski definition) is 4. The van der Waals surface area contributed by atoms with E-state index in [4.69, 9.17) is 0 Å². The summed E-state index contributed by atoms with van der Waals surface area (Å²) in [6.07, 6.45) is 0. The molecule has 0 unspecified atom stereocenters. The minimum Gasteiger partial charge on any atom is -0.386 e. The van der Waals surface area contributed by atoms with Crippen LogP contribution in [-0.4, -0.2) is 14.1 Å². The molecule has 0 saturated carbocycles. The molecule has 18 heavy (non-hydrogen) atoms. The molecule has 0 aliphatic carbocycles. The molecule has 0 radical (unpaired) electrons. The van der Waals surface area contributed by atoms with Gasteiger partial charge in [-0.25, -0.2) is 0 Å². The second-order valence-corrected chi connectivity index (χ2v) is 3.74. The van der Waals surface area contributed by atoms with Crippen LogP contribution in [0.3, 0.4) is 0 Å². The van der Waals surface area contributed by atoms with Gasteiger partial charge in [-0.05, 0) is 24.3 Å². The SMILES string of the molecule is CNc1cccc(N=Nc2ccccc2)c1NC. The maximum atomic E-state index is 4.28. The molecule has 2 aromatic carbocycles. The largest absolute Gasteiger partial charge is 0.386 e. The molecule has 92 valence electrons. The van der Waals surface area contributed by atoms with Gasteiger partial charge in [-0.15, -0.1) is 5.11 Å². The summed E-state index contributed by atoms with van der Waals surface area (Å²) in [5.74, 6) is 0. The fourth-order valence-electron chi connectivity index (χ4n) is 1.70. The third-order valence-electron chi connectivity index (χ3n) is 2.59. The third kappa shape index (κ3) is 2.66. The van der Waals surface area contributed by atoms with Gasteiger partial charge in [0, 0.05) is 14.1 Å². The molecule has 2 rings (SSSR count). The van der Waals surface area contributed by atoms with Gasteiger partial charge in [0.2, 0.25) is 0 Å². The molecule has 0 spiro atoms. The number of nitrogens with zero attached hydrogens (tertiary/aromatic N) is 2. The highest BCUT2D eigenvalue weighted by Crippen LogP contribution is 2.33. The minimum atomic E-state index is 0.813. The van der Waals surface area contributed by atoms with Crippen LogP contribution in [0.25, 0.3) is 0 Å². The van der Waals surface area contributed by atoms with Gasteiger partial charge in [0.05, 0.1) is 17.1 Å². The predicted molar refractivity (Wildman–Crippen MR) is 76.2 cm³/mol. The summed E-state index contributed by atoms with van der Waals surface area (Å²) < 4.78 is 0. The van der Waals surface area contributed by atoms with E-state index in [2.05, 4.69) is 20.9 Å². The van der Waals surface area contributed by atoms with E-state index in [1.165, 1.54) is 0 Å². The van der Waals surface area contributed by atoms with Crippen molar-refractivity contribution >= 4 is 22.7 Å². The van der Waals surface area contributed by atoms with Gasteiger partial charge < -0.3 is 10.6 Å². The first-order chi connectivity index (χ1) is 8.85. The number of benzene rings is 2. The summed E-state index contributed by atoms with van der Waals surface area (Å²) >= 11 is 0. The first-order valence-electron chi connectivity index (χ1n) is 5.80. The van der Waals surface area contributed by atoms with E-state index < -0.39 is 0 Å². The molecular weight excluding hydrogens is 224 g/mol. The number of para-hydroxylation sites is 1. The van der Waals surface area contributed by atoms with Crippen LogP contribution < -0.4 is 10.6 Å². The zero-order chi connectivity index (χ0) is 12.8. The maximum Gasteiger partial charge on any atom is 0.111 e. The van der Waals surface area contributed by atoms with Crippen molar-refractivity contribution in [3.8, 4) is 0 Å². The molecule has 4 heteroatoms. The average Bonchev–Trinajstić information content (AvgIpc) is 2.45. The fourth-order valence-corrected chi connectivity index (χ4v) is 1.70. The lowest BCUT2D eigenvalue weighted by atomic mass is 10.2. The molecule has 2 aromatic rings.